The molecule has 0 aromatic rings. The van der Waals surface area contributed by atoms with Crippen LogP contribution in [0, 0.1) is 0 Å². The van der Waals surface area contributed by atoms with Gasteiger partial charge in [-0.15, -0.1) is 0 Å². The van der Waals surface area contributed by atoms with E-state index in [0.29, 0.717) is 25.9 Å². The largest absolute Gasteiger partial charge is 0.466 e. The van der Waals surface area contributed by atoms with E-state index >= 15 is 0 Å². The van der Waals surface area contributed by atoms with E-state index in [-0.39, 0.29) is 18.5 Å². The number of nitrogens with one attached hydrogen (secondary N) is 1. The quantitative estimate of drug-likeness (QED) is 0.0320. The lowest BCUT2D eigenvalue weighted by atomic mass is 10.0. The average molecular weight is 1120 g/mol. The Kier molecular flexibility index (Phi) is 67.4. The molecule has 0 rings (SSSR count). The van der Waals surface area contributed by atoms with Gasteiger partial charge in [-0.3, -0.25) is 9.59 Å². The first-order chi connectivity index (χ1) is 39.5. The van der Waals surface area contributed by atoms with Gasteiger partial charge in [0, 0.05) is 12.8 Å². The Balaban J connectivity index is 3.33. The lowest BCUT2D eigenvalue weighted by molar-refractivity contribution is -0.143. The van der Waals surface area contributed by atoms with Gasteiger partial charge in [0.05, 0.1) is 25.4 Å². The van der Waals surface area contributed by atoms with Crippen LogP contribution in [0.25, 0.3) is 0 Å². The molecule has 0 heterocycles. The number of ether oxygens (including phenoxy) is 1. The van der Waals surface area contributed by atoms with Crippen molar-refractivity contribution in [3.63, 3.8) is 0 Å². The highest BCUT2D eigenvalue weighted by molar-refractivity contribution is 5.76. The first kappa shape index (κ1) is 77.8. The number of aliphatic hydroxyl groups is 2. The van der Waals surface area contributed by atoms with E-state index in [9.17, 15) is 19.8 Å². The molecule has 0 saturated heterocycles. The molecule has 470 valence electrons. The molecule has 0 radical (unpaired) electrons. The predicted octanol–water partition coefficient (Wildman–Crippen LogP) is 23.3. The van der Waals surface area contributed by atoms with Gasteiger partial charge in [0.15, 0.2) is 0 Å². The Bertz CT molecular complexity index is 1340. The van der Waals surface area contributed by atoms with Gasteiger partial charge in [-0.05, 0) is 89.9 Å². The molecule has 0 aliphatic heterocycles. The molecule has 2 atom stereocenters. The van der Waals surface area contributed by atoms with Crippen molar-refractivity contribution in [2.24, 2.45) is 0 Å². The lowest BCUT2D eigenvalue weighted by Gasteiger charge is -2.22. The van der Waals surface area contributed by atoms with Gasteiger partial charge >= 0.3 is 5.97 Å². The number of esters is 1. The number of hydrogen-bond donors (Lipinski definition) is 3. The molecular weight excluding hydrogens is 983 g/mol. The Labute approximate surface area is 499 Å². The first-order valence-electron chi connectivity index (χ1n) is 35.9. The summed E-state index contributed by atoms with van der Waals surface area (Å²) in [4.78, 5) is 24.5. The fourth-order valence-corrected chi connectivity index (χ4v) is 11.1. The Morgan fingerprint density at radius 3 is 0.975 bits per heavy atom. The standard InChI is InChI=1S/C74H139NO5/c1-3-5-7-9-11-13-14-15-16-38-42-45-48-52-56-60-64-68-74(79)80-69-65-61-57-53-49-46-43-40-37-35-33-31-29-27-25-23-21-19-17-18-20-22-24-26-28-30-32-34-36-39-41-44-47-51-55-59-63-67-73(78)75-71(70-76)72(77)66-62-58-54-50-12-10-8-6-4-2/h11,13,15-17,19,23,25,71-72,76-77H,3-10,12,14,18,20-22,24,26-70H2,1-2H3,(H,75,78)/b13-11-,16-15-,19-17-,25-23-. The van der Waals surface area contributed by atoms with Crippen LogP contribution < -0.4 is 5.32 Å². The maximum atomic E-state index is 12.4. The van der Waals surface area contributed by atoms with Gasteiger partial charge in [0.1, 0.15) is 0 Å². The van der Waals surface area contributed by atoms with E-state index in [4.69, 9.17) is 4.74 Å². The Hall–Kier alpha value is -2.18. The summed E-state index contributed by atoms with van der Waals surface area (Å²) in [5.74, 6) is -0.0225. The summed E-state index contributed by atoms with van der Waals surface area (Å²) >= 11 is 0. The summed E-state index contributed by atoms with van der Waals surface area (Å²) in [6, 6.07) is -0.537. The molecule has 0 aliphatic carbocycles. The van der Waals surface area contributed by atoms with Crippen LogP contribution in [-0.2, 0) is 14.3 Å². The molecule has 0 fully saturated rings. The molecule has 0 spiro atoms. The molecule has 0 aromatic carbocycles. The highest BCUT2D eigenvalue weighted by Crippen LogP contribution is 2.18. The molecule has 80 heavy (non-hydrogen) atoms. The van der Waals surface area contributed by atoms with Crippen molar-refractivity contribution in [1.82, 2.24) is 5.32 Å². The van der Waals surface area contributed by atoms with Crippen molar-refractivity contribution in [1.29, 1.82) is 0 Å². The third-order valence-corrected chi connectivity index (χ3v) is 16.6. The molecule has 3 N–H and O–H groups in total. The molecule has 2 unspecified atom stereocenters. The summed E-state index contributed by atoms with van der Waals surface area (Å²) in [6.07, 6.45) is 90.5. The number of allylic oxidation sites excluding steroid dienone is 8. The highest BCUT2D eigenvalue weighted by Gasteiger charge is 2.20. The molecular formula is C74H139NO5. The average Bonchev–Trinajstić information content (AvgIpc) is 3.46. The number of amides is 1. The third kappa shape index (κ3) is 65.0. The predicted molar refractivity (Wildman–Crippen MR) is 352 cm³/mol. The van der Waals surface area contributed by atoms with Gasteiger partial charge in [0.25, 0.3) is 0 Å². The zero-order valence-electron chi connectivity index (χ0n) is 53.8. The molecule has 0 bridgehead atoms. The fraction of sp³-hybridized carbons (Fsp3) is 0.865. The minimum absolute atomic E-state index is 0.0110. The monoisotopic (exact) mass is 1120 g/mol. The van der Waals surface area contributed by atoms with Gasteiger partial charge in [-0.1, -0.05) is 332 Å². The maximum Gasteiger partial charge on any atom is 0.305 e. The van der Waals surface area contributed by atoms with E-state index in [1.54, 1.807) is 0 Å². The molecule has 6 heteroatoms. The van der Waals surface area contributed by atoms with Crippen LogP contribution in [0.1, 0.15) is 386 Å². The van der Waals surface area contributed by atoms with Crippen LogP contribution in [0.2, 0.25) is 0 Å². The van der Waals surface area contributed by atoms with Crippen LogP contribution in [0.15, 0.2) is 48.6 Å². The number of rotatable bonds is 67. The maximum absolute atomic E-state index is 12.4. The fourth-order valence-electron chi connectivity index (χ4n) is 11.1. The van der Waals surface area contributed by atoms with Crippen LogP contribution >= 0.6 is 0 Å². The minimum Gasteiger partial charge on any atom is -0.466 e. The number of aliphatic hydroxyl groups excluding tert-OH is 2. The lowest BCUT2D eigenvalue weighted by Crippen LogP contribution is -2.45. The number of carbonyl (C=O) groups excluding carboxylic acids is 2. The van der Waals surface area contributed by atoms with Crippen molar-refractivity contribution >= 4 is 11.9 Å². The van der Waals surface area contributed by atoms with Crippen LogP contribution in [0.3, 0.4) is 0 Å². The Morgan fingerprint density at radius 1 is 0.350 bits per heavy atom. The second kappa shape index (κ2) is 69.3. The van der Waals surface area contributed by atoms with E-state index in [2.05, 4.69) is 67.8 Å². The second-order valence-corrected chi connectivity index (χ2v) is 24.6. The summed E-state index contributed by atoms with van der Waals surface area (Å²) in [5, 5.41) is 23.1. The number of carbonyl (C=O) groups is 2. The van der Waals surface area contributed by atoms with E-state index in [1.807, 2.05) is 0 Å². The van der Waals surface area contributed by atoms with Gasteiger partial charge in [-0.2, -0.15) is 0 Å². The van der Waals surface area contributed by atoms with Gasteiger partial charge < -0.3 is 20.3 Å². The van der Waals surface area contributed by atoms with Gasteiger partial charge in [0.2, 0.25) is 5.91 Å². The molecule has 1 amide bonds. The SMILES string of the molecule is CCCCC/C=C\C/C=C\CCCCCCCCCC(=O)OCCCCCCCCCCCCCCC/C=C\C/C=C\CCCCCCCCCCCCCCCCCCCC(=O)NC(CO)C(O)CCCCCCCCCCC. The number of unbranched alkanes of at least 4 members (excludes halogenated alkanes) is 48. The summed E-state index contributed by atoms with van der Waals surface area (Å²) in [5.41, 5.74) is 0. The second-order valence-electron chi connectivity index (χ2n) is 24.6. The van der Waals surface area contributed by atoms with Gasteiger partial charge in [-0.25, -0.2) is 0 Å². The van der Waals surface area contributed by atoms with Crippen LogP contribution in [0.4, 0.5) is 0 Å². The summed E-state index contributed by atoms with van der Waals surface area (Å²) in [6.45, 7) is 4.92. The zero-order valence-corrected chi connectivity index (χ0v) is 53.8. The van der Waals surface area contributed by atoms with Crippen LogP contribution in [-0.4, -0.2) is 47.4 Å². The van der Waals surface area contributed by atoms with Crippen LogP contribution in [0.5, 0.6) is 0 Å². The number of hydrogen-bond acceptors (Lipinski definition) is 5. The van der Waals surface area contributed by atoms with Crippen molar-refractivity contribution in [2.75, 3.05) is 13.2 Å². The third-order valence-electron chi connectivity index (χ3n) is 16.6. The molecule has 0 saturated carbocycles. The Morgan fingerprint density at radius 2 is 0.625 bits per heavy atom. The molecule has 6 nitrogen and oxygen atoms in total. The van der Waals surface area contributed by atoms with E-state index in [0.717, 1.165) is 57.8 Å². The smallest absolute Gasteiger partial charge is 0.305 e. The molecule has 0 aromatic heterocycles. The first-order valence-corrected chi connectivity index (χ1v) is 35.9. The molecule has 0 aliphatic rings. The highest BCUT2D eigenvalue weighted by atomic mass is 16.5. The van der Waals surface area contributed by atoms with E-state index in [1.165, 1.54) is 295 Å². The normalized spacial score (nSPS) is 12.8. The zero-order chi connectivity index (χ0) is 57.8. The summed E-state index contributed by atoms with van der Waals surface area (Å²) < 4.78 is 5.50. The topological polar surface area (TPSA) is 95.9 Å². The minimum atomic E-state index is -0.660. The van der Waals surface area contributed by atoms with Crippen molar-refractivity contribution in [3.8, 4) is 0 Å². The van der Waals surface area contributed by atoms with Crippen molar-refractivity contribution in [2.45, 2.75) is 398 Å². The summed E-state index contributed by atoms with van der Waals surface area (Å²) in [7, 11) is 0. The van der Waals surface area contributed by atoms with E-state index < -0.39 is 12.1 Å². The van der Waals surface area contributed by atoms with Crippen molar-refractivity contribution in [3.05, 3.63) is 48.6 Å². The van der Waals surface area contributed by atoms with Crippen molar-refractivity contribution < 1.29 is 24.5 Å².